The van der Waals surface area contributed by atoms with Crippen LogP contribution in [0, 0.1) is 0 Å². The largest absolute Gasteiger partial charge is 0.465 e. The first-order valence-electron chi connectivity index (χ1n) is 14.5. The van der Waals surface area contributed by atoms with Gasteiger partial charge in [0.15, 0.2) is 5.69 Å². The summed E-state index contributed by atoms with van der Waals surface area (Å²) >= 11 is 0. The average Bonchev–Trinajstić information content (AvgIpc) is 3.45. The van der Waals surface area contributed by atoms with Gasteiger partial charge in [0.1, 0.15) is 11.7 Å². The predicted octanol–water partition coefficient (Wildman–Crippen LogP) is 3.85. The van der Waals surface area contributed by atoms with Crippen LogP contribution in [0.2, 0.25) is 0 Å². The summed E-state index contributed by atoms with van der Waals surface area (Å²) in [6.07, 6.45) is 12.9. The highest BCUT2D eigenvalue weighted by Gasteiger charge is 2.60. The molecule has 1 aliphatic carbocycles. The third-order valence-electron chi connectivity index (χ3n) is 9.13. The lowest BCUT2D eigenvalue weighted by atomic mass is 9.90. The van der Waals surface area contributed by atoms with Crippen molar-refractivity contribution < 1.29 is 14.3 Å². The number of benzene rings is 1. The van der Waals surface area contributed by atoms with Crippen molar-refractivity contribution in [1.29, 1.82) is 0 Å². The maximum atomic E-state index is 14.2. The van der Waals surface area contributed by atoms with Gasteiger partial charge in [-0.25, -0.2) is 9.28 Å². The van der Waals surface area contributed by atoms with E-state index in [0.29, 0.717) is 48.1 Å². The van der Waals surface area contributed by atoms with Crippen molar-refractivity contribution in [2.45, 2.75) is 95.3 Å². The quantitative estimate of drug-likeness (QED) is 0.314. The van der Waals surface area contributed by atoms with Crippen LogP contribution in [0.25, 0.3) is 0 Å². The number of amides is 1. The van der Waals surface area contributed by atoms with Gasteiger partial charge in [-0.3, -0.25) is 14.7 Å². The van der Waals surface area contributed by atoms with E-state index in [1.54, 1.807) is 6.92 Å². The number of anilines is 1. The van der Waals surface area contributed by atoms with Gasteiger partial charge >= 0.3 is 11.9 Å². The molecule has 2 saturated heterocycles. The molecule has 0 radical (unpaired) electrons. The van der Waals surface area contributed by atoms with E-state index in [2.05, 4.69) is 39.7 Å². The lowest BCUT2D eigenvalue weighted by Gasteiger charge is -2.44. The van der Waals surface area contributed by atoms with Crippen molar-refractivity contribution in [1.82, 2.24) is 14.7 Å². The summed E-state index contributed by atoms with van der Waals surface area (Å²) in [6, 6.07) is 10.2. The number of amidine groups is 1. The number of carbonyl (C=O) groups is 2. The van der Waals surface area contributed by atoms with Gasteiger partial charge < -0.3 is 15.4 Å². The molecular weight excluding hydrogens is 466 g/mol. The van der Waals surface area contributed by atoms with Gasteiger partial charge in [0.2, 0.25) is 5.84 Å². The van der Waals surface area contributed by atoms with E-state index < -0.39 is 0 Å². The number of nitrogens with zero attached hydrogens (tertiary/aromatic N) is 3. The molecular formula is C29H44N5O3+. The summed E-state index contributed by atoms with van der Waals surface area (Å²) in [7, 11) is 2.12. The topological polar surface area (TPSA) is 83.0 Å². The Balaban J connectivity index is 1.35. The molecule has 2 unspecified atom stereocenters. The van der Waals surface area contributed by atoms with Gasteiger partial charge in [-0.1, -0.05) is 44.2 Å². The number of likely N-dealkylation sites (N-methyl/N-ethyl adjacent to an activating group) is 1. The number of ether oxygens (including phenoxy) is 1. The molecule has 0 aromatic heterocycles. The summed E-state index contributed by atoms with van der Waals surface area (Å²) in [4.78, 5) is 33.3. The van der Waals surface area contributed by atoms with Crippen LogP contribution in [0.5, 0.6) is 0 Å². The average molecular weight is 511 g/mol. The number of nitrogens with one attached hydrogen (secondary N) is 2. The molecule has 202 valence electrons. The lowest BCUT2D eigenvalue weighted by molar-refractivity contribution is -0.142. The van der Waals surface area contributed by atoms with E-state index in [-0.39, 0.29) is 24.5 Å². The van der Waals surface area contributed by atoms with Crippen molar-refractivity contribution in [2.75, 3.05) is 38.6 Å². The summed E-state index contributed by atoms with van der Waals surface area (Å²) in [5, 5.41) is 6.39. The number of hydrogen-bond acceptors (Lipinski definition) is 6. The maximum Gasteiger partial charge on any atom is 0.386 e. The van der Waals surface area contributed by atoms with E-state index >= 15 is 0 Å². The highest BCUT2D eigenvalue weighted by Crippen LogP contribution is 2.49. The fourth-order valence-corrected chi connectivity index (χ4v) is 7.44. The zero-order valence-electron chi connectivity index (χ0n) is 22.6. The van der Waals surface area contributed by atoms with Crippen molar-refractivity contribution in [3.8, 4) is 0 Å². The van der Waals surface area contributed by atoms with Crippen molar-refractivity contribution >= 4 is 29.1 Å². The molecule has 8 heteroatoms. The summed E-state index contributed by atoms with van der Waals surface area (Å²) in [5.41, 5.74) is 2.03. The van der Waals surface area contributed by atoms with Gasteiger partial charge in [-0.05, 0) is 38.7 Å². The summed E-state index contributed by atoms with van der Waals surface area (Å²) in [6.45, 7) is 3.24. The number of carbonyl (C=O) groups excluding carboxylic acids is 2. The first-order chi connectivity index (χ1) is 18.0. The molecule has 3 heterocycles. The maximum absolute atomic E-state index is 14.2. The molecule has 4 atom stereocenters. The molecule has 1 saturated carbocycles. The van der Waals surface area contributed by atoms with Crippen LogP contribution >= 0.6 is 0 Å². The SMILES string of the molecule is CCOC(=O)CNCCN=C1Nc2ccccc2[N+](C)([C@@H]2C[C@@H]3CCC2N3C2CCCCCCC2)C1=O. The summed E-state index contributed by atoms with van der Waals surface area (Å²) in [5.74, 6) is 0.212. The standard InChI is InChI=1S/C29H44N5O3/c1-3-37-27(35)20-30-17-18-31-28-29(36)34(2,25-14-10-9-13-23(25)32-28)26-19-22-15-16-24(26)33(22)21-11-7-5-4-6-8-12-21/h9-10,13-14,21-22,24,26,30H,3-8,11-12,15-20H2,1-2H3,(H,31,32)/q+1/t22-,24?,26+,34?/m0/s1. The van der Waals surface area contributed by atoms with E-state index in [0.717, 1.165) is 17.8 Å². The minimum atomic E-state index is -0.273. The van der Waals surface area contributed by atoms with Crippen LogP contribution in [-0.4, -0.2) is 80.1 Å². The number of para-hydroxylation sites is 2. The number of quaternary nitrogens is 1. The fraction of sp³-hybridized carbons (Fsp3) is 0.690. The predicted molar refractivity (Wildman–Crippen MR) is 148 cm³/mol. The minimum absolute atomic E-state index is 0.0549. The van der Waals surface area contributed by atoms with Crippen LogP contribution in [0.1, 0.15) is 71.1 Å². The molecule has 1 aromatic rings. The molecule has 3 fully saturated rings. The summed E-state index contributed by atoms with van der Waals surface area (Å²) < 4.78 is 5.25. The number of rotatable bonds is 8. The molecule has 4 aliphatic rings. The monoisotopic (exact) mass is 510 g/mol. The number of aliphatic imine (C=N–C) groups is 1. The second-order valence-electron chi connectivity index (χ2n) is 11.3. The third kappa shape index (κ3) is 5.20. The number of esters is 1. The van der Waals surface area contributed by atoms with E-state index in [4.69, 9.17) is 4.74 Å². The minimum Gasteiger partial charge on any atom is -0.465 e. The first kappa shape index (κ1) is 26.3. The number of fused-ring (bicyclic) bond motifs is 3. The Kier molecular flexibility index (Phi) is 8.27. The Bertz CT molecular complexity index is 1010. The normalized spacial score (nSPS) is 31.6. The lowest BCUT2D eigenvalue weighted by Crippen LogP contribution is -2.66. The zero-order chi connectivity index (χ0) is 25.8. The van der Waals surface area contributed by atoms with Crippen LogP contribution in [0.4, 0.5) is 11.4 Å². The molecule has 1 amide bonds. The van der Waals surface area contributed by atoms with Crippen molar-refractivity contribution in [3.05, 3.63) is 24.3 Å². The van der Waals surface area contributed by atoms with Gasteiger partial charge in [-0.2, -0.15) is 0 Å². The molecule has 37 heavy (non-hydrogen) atoms. The second kappa shape index (κ2) is 11.6. The highest BCUT2D eigenvalue weighted by molar-refractivity contribution is 6.47. The zero-order valence-corrected chi connectivity index (χ0v) is 22.6. The Hall–Kier alpha value is -2.29. The Labute approximate surface area is 221 Å². The molecule has 5 rings (SSSR count). The second-order valence-corrected chi connectivity index (χ2v) is 11.3. The van der Waals surface area contributed by atoms with Gasteiger partial charge in [-0.15, -0.1) is 0 Å². The molecule has 2 bridgehead atoms. The molecule has 1 aromatic carbocycles. The van der Waals surface area contributed by atoms with E-state index in [1.165, 1.54) is 57.8 Å². The van der Waals surface area contributed by atoms with Gasteiger partial charge in [0.05, 0.1) is 32.8 Å². The Morgan fingerprint density at radius 2 is 1.86 bits per heavy atom. The Morgan fingerprint density at radius 1 is 1.11 bits per heavy atom. The first-order valence-corrected chi connectivity index (χ1v) is 14.5. The van der Waals surface area contributed by atoms with E-state index in [1.807, 2.05) is 12.1 Å². The third-order valence-corrected chi connectivity index (χ3v) is 9.13. The molecule has 0 spiro atoms. The van der Waals surface area contributed by atoms with Crippen LogP contribution < -0.4 is 15.1 Å². The molecule has 2 N–H and O–H groups in total. The van der Waals surface area contributed by atoms with Crippen LogP contribution in [0.15, 0.2) is 29.3 Å². The van der Waals surface area contributed by atoms with Crippen LogP contribution in [0.3, 0.4) is 0 Å². The van der Waals surface area contributed by atoms with Crippen LogP contribution in [-0.2, 0) is 14.3 Å². The van der Waals surface area contributed by atoms with Crippen molar-refractivity contribution in [3.63, 3.8) is 0 Å². The number of hydrogen-bond donors (Lipinski definition) is 2. The smallest absolute Gasteiger partial charge is 0.386 e. The highest BCUT2D eigenvalue weighted by atomic mass is 16.5. The van der Waals surface area contributed by atoms with Gasteiger partial charge in [0.25, 0.3) is 0 Å². The fourth-order valence-electron chi connectivity index (χ4n) is 7.44. The Morgan fingerprint density at radius 3 is 2.65 bits per heavy atom. The molecule has 8 nitrogen and oxygen atoms in total. The van der Waals surface area contributed by atoms with Gasteiger partial charge in [0, 0.05) is 31.1 Å². The van der Waals surface area contributed by atoms with Crippen molar-refractivity contribution in [2.24, 2.45) is 4.99 Å². The molecule has 3 aliphatic heterocycles. The van der Waals surface area contributed by atoms with E-state index in [9.17, 15) is 9.59 Å².